The van der Waals surface area contributed by atoms with E-state index < -0.39 is 0 Å². The summed E-state index contributed by atoms with van der Waals surface area (Å²) in [7, 11) is 1.92. The Balaban J connectivity index is 2.21. The van der Waals surface area contributed by atoms with Crippen LogP contribution in [0.15, 0.2) is 30.6 Å². The maximum atomic E-state index is 4.19. The van der Waals surface area contributed by atoms with Crippen molar-refractivity contribution in [2.75, 3.05) is 0 Å². The summed E-state index contributed by atoms with van der Waals surface area (Å²) in [4.78, 5) is 0. The molecule has 1 aromatic carbocycles. The number of fused-ring (bicyclic) bond motifs is 1. The average molecular weight is 212 g/mol. The summed E-state index contributed by atoms with van der Waals surface area (Å²) in [5.41, 5.74) is 4.40. The Morgan fingerprint density at radius 2 is 2.12 bits per heavy atom. The molecule has 2 aromatic heterocycles. The molecule has 0 bridgehead atoms. The first-order valence-electron chi connectivity index (χ1n) is 5.18. The van der Waals surface area contributed by atoms with Gasteiger partial charge in [0.15, 0.2) is 0 Å². The van der Waals surface area contributed by atoms with Gasteiger partial charge in [-0.3, -0.25) is 9.78 Å². The van der Waals surface area contributed by atoms with Gasteiger partial charge in [-0.25, -0.2) is 0 Å². The lowest BCUT2D eigenvalue weighted by Gasteiger charge is -1.97. The molecular formula is C12H12N4. The molecule has 2 heterocycles. The first-order valence-corrected chi connectivity index (χ1v) is 5.18. The minimum atomic E-state index is 1.03. The lowest BCUT2D eigenvalue weighted by molar-refractivity contribution is 0.768. The molecule has 0 aliphatic carbocycles. The van der Waals surface area contributed by atoms with E-state index in [1.54, 1.807) is 0 Å². The highest BCUT2D eigenvalue weighted by Crippen LogP contribution is 2.24. The number of rotatable bonds is 1. The Labute approximate surface area is 92.9 Å². The van der Waals surface area contributed by atoms with Crippen LogP contribution < -0.4 is 0 Å². The van der Waals surface area contributed by atoms with Crippen molar-refractivity contribution in [3.05, 3.63) is 36.3 Å². The van der Waals surface area contributed by atoms with Crippen LogP contribution in [-0.2, 0) is 7.05 Å². The largest absolute Gasteiger partial charge is 0.278 e. The van der Waals surface area contributed by atoms with Crippen LogP contribution >= 0.6 is 0 Å². The normalized spacial score (nSPS) is 11.1. The number of aromatic amines is 1. The van der Waals surface area contributed by atoms with Crippen molar-refractivity contribution in [3.63, 3.8) is 0 Å². The van der Waals surface area contributed by atoms with Crippen molar-refractivity contribution in [1.82, 2.24) is 20.0 Å². The summed E-state index contributed by atoms with van der Waals surface area (Å²) in [6, 6.07) is 6.28. The van der Waals surface area contributed by atoms with Crippen LogP contribution in [0.2, 0.25) is 0 Å². The van der Waals surface area contributed by atoms with Gasteiger partial charge in [-0.2, -0.15) is 10.2 Å². The molecule has 0 amide bonds. The number of H-pyrrole nitrogens is 1. The molecule has 0 saturated heterocycles. The van der Waals surface area contributed by atoms with Crippen molar-refractivity contribution in [3.8, 4) is 11.1 Å². The van der Waals surface area contributed by atoms with Gasteiger partial charge in [0.2, 0.25) is 0 Å². The predicted molar refractivity (Wildman–Crippen MR) is 63.0 cm³/mol. The van der Waals surface area contributed by atoms with Gasteiger partial charge in [-0.15, -0.1) is 0 Å². The molecule has 4 nitrogen and oxygen atoms in total. The molecule has 0 saturated carbocycles. The van der Waals surface area contributed by atoms with Crippen LogP contribution in [0.3, 0.4) is 0 Å². The number of hydrogen-bond donors (Lipinski definition) is 1. The number of hydrogen-bond acceptors (Lipinski definition) is 2. The van der Waals surface area contributed by atoms with Gasteiger partial charge < -0.3 is 0 Å². The topological polar surface area (TPSA) is 46.5 Å². The third kappa shape index (κ3) is 1.31. The van der Waals surface area contributed by atoms with Gasteiger partial charge in [-0.1, -0.05) is 6.07 Å². The van der Waals surface area contributed by atoms with Gasteiger partial charge in [0.25, 0.3) is 0 Å². The van der Waals surface area contributed by atoms with Crippen LogP contribution in [0, 0.1) is 6.92 Å². The van der Waals surface area contributed by atoms with Crippen molar-refractivity contribution in [1.29, 1.82) is 0 Å². The molecule has 0 aliphatic rings. The lowest BCUT2D eigenvalue weighted by atomic mass is 10.1. The highest BCUT2D eigenvalue weighted by molar-refractivity contribution is 5.86. The summed E-state index contributed by atoms with van der Waals surface area (Å²) in [5.74, 6) is 0. The molecule has 0 atom stereocenters. The molecule has 80 valence electrons. The summed E-state index contributed by atoms with van der Waals surface area (Å²) < 4.78 is 1.81. The van der Waals surface area contributed by atoms with Crippen LogP contribution in [0.1, 0.15) is 5.69 Å². The quantitative estimate of drug-likeness (QED) is 0.672. The summed E-state index contributed by atoms with van der Waals surface area (Å²) in [5, 5.41) is 12.5. The summed E-state index contributed by atoms with van der Waals surface area (Å²) in [6.45, 7) is 2.01. The Morgan fingerprint density at radius 1 is 1.25 bits per heavy atom. The van der Waals surface area contributed by atoms with Gasteiger partial charge in [-0.05, 0) is 24.6 Å². The molecular weight excluding hydrogens is 200 g/mol. The maximum absolute atomic E-state index is 4.19. The molecule has 1 N–H and O–H groups in total. The molecule has 4 heteroatoms. The molecule has 0 unspecified atom stereocenters. The van der Waals surface area contributed by atoms with Crippen molar-refractivity contribution in [2.45, 2.75) is 6.92 Å². The third-order valence-corrected chi connectivity index (χ3v) is 2.79. The fraction of sp³-hybridized carbons (Fsp3) is 0.167. The van der Waals surface area contributed by atoms with Crippen LogP contribution in [0.25, 0.3) is 22.0 Å². The second-order valence-electron chi connectivity index (χ2n) is 3.97. The molecule has 3 aromatic rings. The maximum Gasteiger partial charge on any atom is 0.0670 e. The van der Waals surface area contributed by atoms with E-state index in [1.165, 1.54) is 10.9 Å². The smallest absolute Gasteiger partial charge is 0.0670 e. The Bertz CT molecular complexity index is 648. The van der Waals surface area contributed by atoms with Gasteiger partial charge in [0.05, 0.1) is 17.4 Å². The highest BCUT2D eigenvalue weighted by atomic mass is 15.2. The molecule has 0 radical (unpaired) electrons. The number of nitrogens with one attached hydrogen (secondary N) is 1. The average Bonchev–Trinajstić information content (AvgIpc) is 2.86. The minimum absolute atomic E-state index is 1.03. The van der Waals surface area contributed by atoms with Gasteiger partial charge in [0.1, 0.15) is 0 Å². The van der Waals surface area contributed by atoms with Crippen LogP contribution in [0.4, 0.5) is 0 Å². The van der Waals surface area contributed by atoms with Crippen LogP contribution in [-0.4, -0.2) is 20.0 Å². The zero-order valence-corrected chi connectivity index (χ0v) is 9.23. The fourth-order valence-corrected chi connectivity index (χ4v) is 1.90. The minimum Gasteiger partial charge on any atom is -0.278 e. The number of aryl methyl sites for hydroxylation is 2. The Morgan fingerprint density at radius 3 is 2.88 bits per heavy atom. The second-order valence-corrected chi connectivity index (χ2v) is 3.97. The van der Waals surface area contributed by atoms with Crippen molar-refractivity contribution in [2.24, 2.45) is 7.05 Å². The van der Waals surface area contributed by atoms with E-state index in [1.807, 2.05) is 31.0 Å². The highest BCUT2D eigenvalue weighted by Gasteiger charge is 2.05. The van der Waals surface area contributed by atoms with E-state index in [-0.39, 0.29) is 0 Å². The van der Waals surface area contributed by atoms with E-state index in [9.17, 15) is 0 Å². The predicted octanol–water partition coefficient (Wildman–Crippen LogP) is 2.27. The van der Waals surface area contributed by atoms with E-state index in [0.717, 1.165) is 16.8 Å². The number of aromatic nitrogens is 4. The molecule has 0 fully saturated rings. The molecule has 0 spiro atoms. The van der Waals surface area contributed by atoms with Gasteiger partial charge >= 0.3 is 0 Å². The number of nitrogens with zero attached hydrogens (tertiary/aromatic N) is 3. The number of benzene rings is 1. The zero-order chi connectivity index (χ0) is 11.1. The van der Waals surface area contributed by atoms with E-state index in [2.05, 4.69) is 33.5 Å². The summed E-state index contributed by atoms with van der Waals surface area (Å²) in [6.07, 6.45) is 3.88. The first kappa shape index (κ1) is 9.15. The van der Waals surface area contributed by atoms with Crippen LogP contribution in [0.5, 0.6) is 0 Å². The van der Waals surface area contributed by atoms with E-state index in [4.69, 9.17) is 0 Å². The first-order chi connectivity index (χ1) is 7.74. The molecule has 0 aliphatic heterocycles. The zero-order valence-electron chi connectivity index (χ0n) is 9.23. The lowest BCUT2D eigenvalue weighted by Crippen LogP contribution is -1.84. The van der Waals surface area contributed by atoms with E-state index in [0.29, 0.717) is 0 Å². The third-order valence-electron chi connectivity index (χ3n) is 2.79. The Kier molecular flexibility index (Phi) is 1.83. The van der Waals surface area contributed by atoms with Crippen molar-refractivity contribution < 1.29 is 0 Å². The molecule has 3 rings (SSSR count). The van der Waals surface area contributed by atoms with E-state index >= 15 is 0 Å². The second kappa shape index (κ2) is 3.20. The fourth-order valence-electron chi connectivity index (χ4n) is 1.90. The Hall–Kier alpha value is -2.10. The van der Waals surface area contributed by atoms with Crippen molar-refractivity contribution >= 4 is 10.9 Å². The molecule has 16 heavy (non-hydrogen) atoms. The standard InChI is InChI=1S/C12H12N4/c1-8-11-5-9(3-4-12(11)15-14-8)10-6-13-16(2)7-10/h3-7H,1-2H3,(H,14,15). The SMILES string of the molecule is Cc1n[nH]c2ccc(-c3cnn(C)c3)cc12. The summed E-state index contributed by atoms with van der Waals surface area (Å²) >= 11 is 0. The van der Waals surface area contributed by atoms with Gasteiger partial charge in [0, 0.05) is 24.2 Å². The monoisotopic (exact) mass is 212 g/mol.